The van der Waals surface area contributed by atoms with Crippen molar-refractivity contribution in [2.75, 3.05) is 20.3 Å². The van der Waals surface area contributed by atoms with Crippen molar-refractivity contribution < 1.29 is 19.7 Å². The third-order valence-electron chi connectivity index (χ3n) is 3.35. The number of nitrogens with zero attached hydrogens (tertiary/aromatic N) is 1. The number of methoxy groups -OCH3 is 1. The van der Waals surface area contributed by atoms with Gasteiger partial charge in [0.1, 0.15) is 0 Å². The molecule has 1 aliphatic heterocycles. The summed E-state index contributed by atoms with van der Waals surface area (Å²) in [4.78, 5) is 1.85. The van der Waals surface area contributed by atoms with Gasteiger partial charge in [0.25, 0.3) is 0 Å². The van der Waals surface area contributed by atoms with Crippen LogP contribution in [0.5, 0.6) is 0 Å². The van der Waals surface area contributed by atoms with Gasteiger partial charge in [-0.15, -0.1) is 0 Å². The number of benzene rings is 1. The zero-order valence-corrected chi connectivity index (χ0v) is 11.1. The molecule has 0 radical (unpaired) electrons. The summed E-state index contributed by atoms with van der Waals surface area (Å²) in [6.07, 6.45) is -0.435. The van der Waals surface area contributed by atoms with Gasteiger partial charge in [-0.3, -0.25) is 0 Å². The molecule has 19 heavy (non-hydrogen) atoms. The molecule has 0 aliphatic carbocycles. The number of aliphatic hydroxyl groups is 2. The van der Waals surface area contributed by atoms with Gasteiger partial charge in [0.2, 0.25) is 6.41 Å². The van der Waals surface area contributed by atoms with Crippen molar-refractivity contribution >= 4 is 0 Å². The lowest BCUT2D eigenvalue weighted by Crippen LogP contribution is -2.43. The van der Waals surface area contributed by atoms with Crippen molar-refractivity contribution in [3.05, 3.63) is 35.9 Å². The van der Waals surface area contributed by atoms with E-state index in [4.69, 9.17) is 9.47 Å². The molecule has 1 fully saturated rings. The van der Waals surface area contributed by atoms with E-state index in [1.165, 1.54) is 0 Å². The molecular weight excluding hydrogens is 246 g/mol. The third-order valence-corrected chi connectivity index (χ3v) is 3.35. The van der Waals surface area contributed by atoms with Crippen LogP contribution in [0.15, 0.2) is 30.3 Å². The van der Waals surface area contributed by atoms with Crippen molar-refractivity contribution in [3.8, 4) is 0 Å². The van der Waals surface area contributed by atoms with Gasteiger partial charge in [-0.25, -0.2) is 4.90 Å². The third kappa shape index (κ3) is 3.75. The number of rotatable bonds is 6. The Morgan fingerprint density at radius 2 is 2.11 bits per heavy atom. The summed E-state index contributed by atoms with van der Waals surface area (Å²) in [5, 5.41) is 19.0. The van der Waals surface area contributed by atoms with Crippen LogP contribution in [-0.2, 0) is 16.1 Å². The number of ether oxygens (including phenoxy) is 2. The number of aliphatic hydroxyl groups excluding tert-OH is 2. The topological polar surface area (TPSA) is 62.2 Å². The molecule has 2 rings (SSSR count). The Labute approximate surface area is 113 Å². The Balaban J connectivity index is 1.92. The number of hydrogen-bond donors (Lipinski definition) is 2. The van der Waals surface area contributed by atoms with Crippen molar-refractivity contribution in [2.24, 2.45) is 0 Å². The van der Waals surface area contributed by atoms with E-state index in [1.807, 2.05) is 35.2 Å². The van der Waals surface area contributed by atoms with Gasteiger partial charge in [0.15, 0.2) is 0 Å². The van der Waals surface area contributed by atoms with Crippen molar-refractivity contribution in [3.63, 3.8) is 0 Å². The average Bonchev–Trinajstić information content (AvgIpc) is 2.82. The van der Waals surface area contributed by atoms with E-state index in [0.717, 1.165) is 5.56 Å². The predicted molar refractivity (Wildman–Crippen MR) is 70.2 cm³/mol. The minimum atomic E-state index is -0.547. The van der Waals surface area contributed by atoms with E-state index >= 15 is 0 Å². The zero-order chi connectivity index (χ0) is 13.7. The second kappa shape index (κ2) is 6.98. The van der Waals surface area contributed by atoms with Crippen LogP contribution in [-0.4, -0.2) is 53.9 Å². The van der Waals surface area contributed by atoms with Crippen LogP contribution >= 0.6 is 0 Å². The Hall–Kier alpha value is -0.980. The van der Waals surface area contributed by atoms with Crippen LogP contribution in [0.25, 0.3) is 0 Å². The molecule has 0 bridgehead atoms. The molecule has 1 unspecified atom stereocenters. The highest BCUT2D eigenvalue weighted by Crippen LogP contribution is 2.22. The normalized spacial score (nSPS) is 25.6. The van der Waals surface area contributed by atoms with E-state index in [1.54, 1.807) is 7.11 Å². The summed E-state index contributed by atoms with van der Waals surface area (Å²) in [6, 6.07) is 9.71. The van der Waals surface area contributed by atoms with Gasteiger partial charge < -0.3 is 19.7 Å². The molecule has 1 aromatic carbocycles. The molecule has 0 saturated carbocycles. The Kier molecular flexibility index (Phi) is 5.30. The van der Waals surface area contributed by atoms with Gasteiger partial charge in [-0.1, -0.05) is 30.3 Å². The highest BCUT2D eigenvalue weighted by Gasteiger charge is 2.35. The first-order valence-corrected chi connectivity index (χ1v) is 6.47. The second-order valence-corrected chi connectivity index (χ2v) is 4.76. The Morgan fingerprint density at radius 1 is 1.37 bits per heavy atom. The van der Waals surface area contributed by atoms with Crippen LogP contribution < -0.4 is 0 Å². The molecular formula is C14H21NO4. The van der Waals surface area contributed by atoms with Crippen LogP contribution in [0.4, 0.5) is 0 Å². The van der Waals surface area contributed by atoms with Gasteiger partial charge in [-0.2, -0.15) is 0 Å². The SMILES string of the molecule is COC(OCc1ccccc1)N1C[C@H](O)C[C@H]1CO. The highest BCUT2D eigenvalue weighted by atomic mass is 16.7. The minimum absolute atomic E-state index is 0.00832. The molecule has 5 heteroatoms. The lowest BCUT2D eigenvalue weighted by Gasteiger charge is -2.30. The Bertz CT molecular complexity index is 373. The number of β-amino-alcohol motifs (C(OH)–C–C–N with tert-alkyl or cyclic N) is 1. The molecule has 1 aromatic rings. The van der Waals surface area contributed by atoms with Crippen molar-refractivity contribution in [2.45, 2.75) is 31.6 Å². The monoisotopic (exact) mass is 267 g/mol. The maximum Gasteiger partial charge on any atom is 0.219 e. The second-order valence-electron chi connectivity index (χ2n) is 4.76. The summed E-state index contributed by atoms with van der Waals surface area (Å²) in [5.41, 5.74) is 1.06. The summed E-state index contributed by atoms with van der Waals surface area (Å²) in [6.45, 7) is 0.883. The number of hydrogen-bond acceptors (Lipinski definition) is 5. The summed E-state index contributed by atoms with van der Waals surface area (Å²) < 4.78 is 11.0. The Morgan fingerprint density at radius 3 is 2.74 bits per heavy atom. The van der Waals surface area contributed by atoms with Gasteiger partial charge >= 0.3 is 0 Å². The van der Waals surface area contributed by atoms with Crippen molar-refractivity contribution in [1.29, 1.82) is 0 Å². The van der Waals surface area contributed by atoms with E-state index in [9.17, 15) is 10.2 Å². The zero-order valence-electron chi connectivity index (χ0n) is 11.1. The maximum atomic E-state index is 9.67. The fourth-order valence-corrected chi connectivity index (χ4v) is 2.39. The molecule has 2 N–H and O–H groups in total. The maximum absolute atomic E-state index is 9.67. The lowest BCUT2D eigenvalue weighted by molar-refractivity contribution is -0.224. The first-order chi connectivity index (χ1) is 9.24. The molecule has 3 atom stereocenters. The van der Waals surface area contributed by atoms with E-state index in [2.05, 4.69) is 0 Å². The average molecular weight is 267 g/mol. The van der Waals surface area contributed by atoms with E-state index < -0.39 is 12.5 Å². The molecule has 106 valence electrons. The molecule has 5 nitrogen and oxygen atoms in total. The standard InChI is InChI=1S/C14H21NO4/c1-18-14(15-8-13(17)7-12(15)9-16)19-10-11-5-3-2-4-6-11/h2-6,12-14,16-17H,7-10H2,1H3/t12-,13+,14?/m0/s1. The molecule has 1 aliphatic rings. The minimum Gasteiger partial charge on any atom is -0.395 e. The largest absolute Gasteiger partial charge is 0.395 e. The first kappa shape index (κ1) is 14.4. The summed E-state index contributed by atoms with van der Waals surface area (Å²) >= 11 is 0. The van der Waals surface area contributed by atoms with Crippen LogP contribution in [0.2, 0.25) is 0 Å². The van der Waals surface area contributed by atoms with Gasteiger partial charge in [0.05, 0.1) is 19.3 Å². The first-order valence-electron chi connectivity index (χ1n) is 6.47. The molecule has 1 heterocycles. The van der Waals surface area contributed by atoms with Crippen LogP contribution in [0.1, 0.15) is 12.0 Å². The summed E-state index contributed by atoms with van der Waals surface area (Å²) in [7, 11) is 1.56. The van der Waals surface area contributed by atoms with Crippen LogP contribution in [0, 0.1) is 0 Å². The quantitative estimate of drug-likeness (QED) is 0.738. The highest BCUT2D eigenvalue weighted by molar-refractivity contribution is 5.13. The van der Waals surface area contributed by atoms with E-state index in [0.29, 0.717) is 19.6 Å². The fraction of sp³-hybridized carbons (Fsp3) is 0.571. The molecule has 0 aromatic heterocycles. The molecule has 0 spiro atoms. The van der Waals surface area contributed by atoms with Crippen LogP contribution in [0.3, 0.4) is 0 Å². The fourth-order valence-electron chi connectivity index (χ4n) is 2.39. The van der Waals surface area contributed by atoms with Gasteiger partial charge in [-0.05, 0) is 12.0 Å². The summed E-state index contributed by atoms with van der Waals surface area (Å²) in [5.74, 6) is 0. The van der Waals surface area contributed by atoms with E-state index in [-0.39, 0.29) is 12.6 Å². The number of likely N-dealkylation sites (tertiary alicyclic amines) is 1. The lowest BCUT2D eigenvalue weighted by atomic mass is 10.2. The molecule has 1 saturated heterocycles. The van der Waals surface area contributed by atoms with Crippen molar-refractivity contribution in [1.82, 2.24) is 4.90 Å². The van der Waals surface area contributed by atoms with Gasteiger partial charge in [0, 0.05) is 19.7 Å². The molecule has 0 amide bonds. The smallest absolute Gasteiger partial charge is 0.219 e. The predicted octanol–water partition coefficient (Wildman–Crippen LogP) is 0.561.